The molecule has 5 amide bonds. The highest BCUT2D eigenvalue weighted by Crippen LogP contribution is 2.42. The van der Waals surface area contributed by atoms with Gasteiger partial charge in [-0.1, -0.05) is 26.5 Å². The fourth-order valence-electron chi connectivity index (χ4n) is 9.81. The predicted molar refractivity (Wildman–Crippen MR) is 262 cm³/mol. The van der Waals surface area contributed by atoms with Crippen LogP contribution in [0.2, 0.25) is 0 Å². The monoisotopic (exact) mass is 952 g/mol. The van der Waals surface area contributed by atoms with Crippen molar-refractivity contribution >= 4 is 52.0 Å². The average molecular weight is 953 g/mol. The van der Waals surface area contributed by atoms with Crippen LogP contribution >= 0.6 is 11.3 Å². The van der Waals surface area contributed by atoms with E-state index in [0.717, 1.165) is 51.1 Å². The normalized spacial score (nSPS) is 20.7. The van der Waals surface area contributed by atoms with Gasteiger partial charge in [0.1, 0.15) is 12.1 Å². The van der Waals surface area contributed by atoms with Crippen LogP contribution in [0.4, 0.5) is 4.79 Å². The van der Waals surface area contributed by atoms with Crippen molar-refractivity contribution in [3.8, 4) is 22.5 Å². The van der Waals surface area contributed by atoms with E-state index < -0.39 is 41.4 Å². The van der Waals surface area contributed by atoms with Crippen LogP contribution in [0.3, 0.4) is 0 Å². The Labute approximate surface area is 403 Å². The van der Waals surface area contributed by atoms with Crippen LogP contribution in [-0.2, 0) is 48.0 Å². The number of likely N-dealkylation sites (tertiary alicyclic amines) is 1. The largest absolute Gasteiger partial charge is 0.464 e. The van der Waals surface area contributed by atoms with Gasteiger partial charge in [0.2, 0.25) is 5.91 Å². The molecule has 17 nitrogen and oxygen atoms in total. The molecule has 2 N–H and O–H groups in total. The highest BCUT2D eigenvalue weighted by molar-refractivity contribution is 7.10. The average Bonchev–Trinajstić information content (AvgIpc) is 4.09. The molecule has 6 bridgehead atoms. The number of cyclic esters (lactones) is 1. The van der Waals surface area contributed by atoms with Crippen LogP contribution in [0.5, 0.6) is 0 Å². The zero-order valence-electron chi connectivity index (χ0n) is 41.0. The van der Waals surface area contributed by atoms with Crippen LogP contribution < -0.4 is 10.7 Å². The highest BCUT2D eigenvalue weighted by Gasteiger charge is 2.39. The van der Waals surface area contributed by atoms with Gasteiger partial charge in [-0.2, -0.15) is 0 Å². The number of carbonyl (C=O) groups excluding carboxylic acids is 5. The maximum Gasteiger partial charge on any atom is 0.324 e. The number of carbonyl (C=O) groups is 5. The molecule has 3 aliphatic heterocycles. The number of thiazole rings is 1. The van der Waals surface area contributed by atoms with E-state index in [2.05, 4.69) is 66.9 Å². The van der Waals surface area contributed by atoms with Crippen LogP contribution in [-0.4, -0.2) is 155 Å². The highest BCUT2D eigenvalue weighted by atomic mass is 32.1. The van der Waals surface area contributed by atoms with Gasteiger partial charge >= 0.3 is 12.0 Å². The Morgan fingerprint density at radius 1 is 1.13 bits per heavy atom. The molecule has 18 heteroatoms. The lowest BCUT2D eigenvalue weighted by molar-refractivity contribution is -0.155. The first-order chi connectivity index (χ1) is 32.4. The quantitative estimate of drug-likeness (QED) is 0.104. The molecule has 0 unspecified atom stereocenters. The number of rotatable bonds is 12. The van der Waals surface area contributed by atoms with Gasteiger partial charge in [-0.25, -0.2) is 15.2 Å². The minimum Gasteiger partial charge on any atom is -0.464 e. The first-order valence-corrected chi connectivity index (χ1v) is 24.5. The van der Waals surface area contributed by atoms with Gasteiger partial charge in [0, 0.05) is 99.4 Å². The van der Waals surface area contributed by atoms with E-state index in [1.165, 1.54) is 27.3 Å². The van der Waals surface area contributed by atoms with Crippen LogP contribution in [0.1, 0.15) is 75.7 Å². The zero-order valence-corrected chi connectivity index (χ0v) is 41.9. The molecule has 3 aliphatic rings. The molecule has 0 radical (unpaired) electrons. The topological polar surface area (TPSA) is 175 Å². The minimum atomic E-state index is -1.10. The zero-order chi connectivity index (χ0) is 49.0. The summed E-state index contributed by atoms with van der Waals surface area (Å²) in [6, 6.07) is 8.13. The molecule has 4 aromatic rings. The van der Waals surface area contributed by atoms with Crippen molar-refractivity contribution in [1.82, 2.24) is 49.9 Å². The van der Waals surface area contributed by atoms with Crippen LogP contribution in [0, 0.1) is 11.3 Å². The van der Waals surface area contributed by atoms with Gasteiger partial charge in [0.15, 0.2) is 6.17 Å². The molecule has 0 spiro atoms. The van der Waals surface area contributed by atoms with Crippen LogP contribution in [0.15, 0.2) is 54.6 Å². The van der Waals surface area contributed by atoms with Gasteiger partial charge in [-0.15, -0.1) is 11.3 Å². The molecule has 5 atom stereocenters. The second-order valence-corrected chi connectivity index (χ2v) is 20.3. The van der Waals surface area contributed by atoms with E-state index >= 15 is 0 Å². The molecule has 1 aromatic carbocycles. The van der Waals surface area contributed by atoms with Crippen molar-refractivity contribution in [3.05, 3.63) is 70.8 Å². The van der Waals surface area contributed by atoms with E-state index in [-0.39, 0.29) is 37.0 Å². The Balaban J connectivity index is 1.21. The number of ether oxygens (including phenoxy) is 2. The van der Waals surface area contributed by atoms with Gasteiger partial charge in [0.25, 0.3) is 11.8 Å². The van der Waals surface area contributed by atoms with Crippen molar-refractivity contribution < 1.29 is 33.4 Å². The van der Waals surface area contributed by atoms with E-state index in [9.17, 15) is 24.0 Å². The number of likely N-dealkylation sites (N-methyl/N-ethyl adjacent to an activating group) is 2. The van der Waals surface area contributed by atoms with E-state index in [4.69, 9.17) is 19.4 Å². The number of hydrazine groups is 1. The van der Waals surface area contributed by atoms with Gasteiger partial charge in [-0.05, 0) is 102 Å². The van der Waals surface area contributed by atoms with Crippen LogP contribution in [0.25, 0.3) is 33.4 Å². The molecular weight excluding hydrogens is 885 g/mol. The summed E-state index contributed by atoms with van der Waals surface area (Å²) in [4.78, 5) is 85.3. The molecule has 0 aliphatic carbocycles. The van der Waals surface area contributed by atoms with Crippen molar-refractivity contribution in [3.63, 3.8) is 0 Å². The molecule has 68 heavy (non-hydrogen) atoms. The summed E-state index contributed by atoms with van der Waals surface area (Å²) < 4.78 is 14.2. The third-order valence-corrected chi connectivity index (χ3v) is 14.4. The number of esters is 1. The van der Waals surface area contributed by atoms with E-state index in [1.807, 2.05) is 18.4 Å². The van der Waals surface area contributed by atoms with E-state index in [1.54, 1.807) is 56.2 Å². The van der Waals surface area contributed by atoms with Crippen molar-refractivity contribution in [1.29, 1.82) is 0 Å². The van der Waals surface area contributed by atoms with Gasteiger partial charge in [0.05, 0.1) is 34.8 Å². The third-order valence-electron chi connectivity index (χ3n) is 13.5. The predicted octanol–water partition coefficient (Wildman–Crippen LogP) is 5.50. The first-order valence-electron chi connectivity index (χ1n) is 23.6. The molecule has 3 aromatic heterocycles. The molecule has 7 rings (SSSR count). The number of hydrogen-bond acceptors (Lipinski definition) is 12. The number of aryl methyl sites for hydroxylation is 1. The number of aromatic nitrogens is 3. The number of nitrogens with zero attached hydrogens (tertiary/aromatic N) is 8. The Hall–Kier alpha value is -5.69. The summed E-state index contributed by atoms with van der Waals surface area (Å²) in [7, 11) is 8.36. The summed E-state index contributed by atoms with van der Waals surface area (Å²) in [5.41, 5.74) is 9.24. The fraction of sp³-hybridized carbons (Fsp3) is 0.540. The van der Waals surface area contributed by atoms with Gasteiger partial charge < -0.3 is 34.1 Å². The number of methoxy groups -OCH3 is 1. The van der Waals surface area contributed by atoms with Crippen molar-refractivity contribution in [2.75, 3.05) is 68.1 Å². The maximum absolute atomic E-state index is 14.6. The number of urea groups is 1. The Kier molecular flexibility index (Phi) is 15.7. The Bertz CT molecular complexity index is 2520. The smallest absolute Gasteiger partial charge is 0.324 e. The minimum absolute atomic E-state index is 0.0620. The standard InChI is InChI=1S/C50H68N10O7S/c1-11-42(61)58-24-20-32(28-58)19-23-56(8)49(65)57(9)46(55(6)7)45(62)53-38-26-41-52-39(29-68-41)33-17-18-40-35(25-33)36(44(59(40)12-2)34-15-13-21-51-43(34)31(3)66-10)27-50(4,5)30-67-48(64)37-16-14-22-60(54-37)47(38)63/h11,13,15,17-18,21,25,29,31-32,37-38,46,54H,1,12,14,16,19-20,22-24,26-28,30H2,2-10H3,(H,53,62)/t31-,32+,37-,38-,46+/m0/s1. The second-order valence-electron chi connectivity index (χ2n) is 19.4. The number of nitrogens with one attached hydrogen (secondary N) is 2. The SMILES string of the molecule is C=CC(=O)N1CC[C@@H](CCN(C)C(=O)N(C)[C@H](C(=O)N[C@H]2Cc3nc(cs3)-c3ccc4c(c3)c(c(-c3cccnc3[C@H](C)OC)n4CC)CC(C)(C)COC(=O)[C@@H]3CCCN(N3)C2=O)N(C)C)C1. The lowest BCUT2D eigenvalue weighted by atomic mass is 9.84. The molecule has 2 fully saturated rings. The summed E-state index contributed by atoms with van der Waals surface area (Å²) in [5.74, 6) is -1.30. The lowest BCUT2D eigenvalue weighted by Crippen LogP contribution is -2.63. The molecule has 366 valence electrons. The third kappa shape index (κ3) is 10.8. The molecular formula is C50H68N10O7S. The first kappa shape index (κ1) is 50.2. The fourth-order valence-corrected chi connectivity index (χ4v) is 10.7. The number of pyridine rings is 1. The Morgan fingerprint density at radius 2 is 1.91 bits per heavy atom. The maximum atomic E-state index is 14.6. The number of hydrogen-bond donors (Lipinski definition) is 2. The van der Waals surface area contributed by atoms with Crippen molar-refractivity contribution in [2.24, 2.45) is 11.3 Å². The summed E-state index contributed by atoms with van der Waals surface area (Å²) >= 11 is 1.40. The Morgan fingerprint density at radius 3 is 2.63 bits per heavy atom. The number of benzene rings is 1. The molecule has 0 saturated carbocycles. The number of fused-ring (bicyclic) bond motifs is 6. The summed E-state index contributed by atoms with van der Waals surface area (Å²) in [6.07, 6.45) is 4.94. The molecule has 6 heterocycles. The summed E-state index contributed by atoms with van der Waals surface area (Å²) in [6.45, 7) is 14.7. The number of amides is 5. The molecule has 2 saturated heterocycles. The summed E-state index contributed by atoms with van der Waals surface area (Å²) in [5, 5.41) is 8.05. The second kappa shape index (κ2) is 21.3. The van der Waals surface area contributed by atoms with Gasteiger partial charge in [-0.3, -0.25) is 34.1 Å². The van der Waals surface area contributed by atoms with Crippen molar-refractivity contribution in [2.45, 2.75) is 97.1 Å². The van der Waals surface area contributed by atoms with E-state index in [0.29, 0.717) is 63.4 Å². The lowest BCUT2D eigenvalue weighted by Gasteiger charge is -2.37.